The Morgan fingerprint density at radius 2 is 1.96 bits per heavy atom. The van der Waals surface area contributed by atoms with Crippen LogP contribution in [-0.2, 0) is 9.53 Å². The van der Waals surface area contributed by atoms with Crippen molar-refractivity contribution in [2.45, 2.75) is 45.2 Å². The lowest BCUT2D eigenvalue weighted by molar-refractivity contribution is -0.119. The molecule has 0 unspecified atom stereocenters. The van der Waals surface area contributed by atoms with Crippen molar-refractivity contribution in [3.05, 3.63) is 28.8 Å². The lowest BCUT2D eigenvalue weighted by Crippen LogP contribution is -2.47. The van der Waals surface area contributed by atoms with Gasteiger partial charge in [0.15, 0.2) is 0 Å². The average Bonchev–Trinajstić information content (AvgIpc) is 2.49. The van der Waals surface area contributed by atoms with Gasteiger partial charge in [0.25, 0.3) is 5.91 Å². The molecule has 0 radical (unpaired) electrons. The zero-order chi connectivity index (χ0) is 17.0. The number of benzene rings is 1. The number of amides is 2. The number of carbonyl (C=O) groups is 2. The van der Waals surface area contributed by atoms with Crippen LogP contribution in [0.3, 0.4) is 0 Å². The number of halogens is 1. The summed E-state index contributed by atoms with van der Waals surface area (Å²) in [6.45, 7) is 4.05. The van der Waals surface area contributed by atoms with Crippen LogP contribution in [0.25, 0.3) is 0 Å². The summed E-state index contributed by atoms with van der Waals surface area (Å²) in [5.41, 5.74) is 0.883. The summed E-state index contributed by atoms with van der Waals surface area (Å²) < 4.78 is 4.82. The van der Waals surface area contributed by atoms with Crippen molar-refractivity contribution in [1.82, 2.24) is 4.90 Å². The number of rotatable bonds is 4. The Morgan fingerprint density at radius 3 is 2.57 bits per heavy atom. The Labute approximate surface area is 141 Å². The molecule has 0 aromatic heterocycles. The maximum atomic E-state index is 13.0. The van der Waals surface area contributed by atoms with Crippen molar-refractivity contribution in [3.8, 4) is 0 Å². The van der Waals surface area contributed by atoms with Gasteiger partial charge in [-0.15, -0.1) is 0 Å². The van der Waals surface area contributed by atoms with E-state index in [1.54, 1.807) is 18.2 Å². The predicted molar refractivity (Wildman–Crippen MR) is 90.9 cm³/mol. The van der Waals surface area contributed by atoms with Gasteiger partial charge in [-0.2, -0.15) is 0 Å². The standard InChI is InChI=1S/C17H23ClN2O3/c1-11-5-4-6-12(2)20(11)17(22)14-9-13(18)7-8-15(14)19-16(21)10-23-3/h7-9,11-12H,4-6,10H2,1-3H3,(H,19,21)/t11-,12-/m1/s1. The Morgan fingerprint density at radius 1 is 1.30 bits per heavy atom. The number of hydrogen-bond donors (Lipinski definition) is 1. The molecule has 23 heavy (non-hydrogen) atoms. The Kier molecular flexibility index (Phi) is 6.02. The number of piperidine rings is 1. The molecule has 2 atom stereocenters. The van der Waals surface area contributed by atoms with E-state index >= 15 is 0 Å². The van der Waals surface area contributed by atoms with E-state index in [4.69, 9.17) is 16.3 Å². The molecule has 1 N–H and O–H groups in total. The Hall–Kier alpha value is -1.59. The number of methoxy groups -OCH3 is 1. The van der Waals surface area contributed by atoms with Crippen molar-refractivity contribution < 1.29 is 14.3 Å². The first-order valence-corrected chi connectivity index (χ1v) is 8.22. The highest BCUT2D eigenvalue weighted by Crippen LogP contribution is 2.28. The maximum Gasteiger partial charge on any atom is 0.256 e. The molecule has 1 aliphatic rings. The number of carbonyl (C=O) groups excluding carboxylic acids is 2. The van der Waals surface area contributed by atoms with Crippen LogP contribution in [0, 0.1) is 0 Å². The maximum absolute atomic E-state index is 13.0. The largest absolute Gasteiger partial charge is 0.375 e. The fraction of sp³-hybridized carbons (Fsp3) is 0.529. The molecule has 0 saturated carbocycles. The normalized spacial score (nSPS) is 21.1. The zero-order valence-electron chi connectivity index (χ0n) is 13.8. The molecule has 1 aromatic carbocycles. The molecule has 0 aliphatic carbocycles. The number of ether oxygens (including phenoxy) is 1. The van der Waals surface area contributed by atoms with Gasteiger partial charge in [0, 0.05) is 24.2 Å². The predicted octanol–water partition coefficient (Wildman–Crippen LogP) is 3.33. The van der Waals surface area contributed by atoms with Crippen molar-refractivity contribution >= 4 is 29.1 Å². The van der Waals surface area contributed by atoms with Crippen molar-refractivity contribution in [1.29, 1.82) is 0 Å². The highest BCUT2D eigenvalue weighted by atomic mass is 35.5. The molecule has 2 rings (SSSR count). The van der Waals surface area contributed by atoms with Gasteiger partial charge in [-0.1, -0.05) is 11.6 Å². The Balaban J connectivity index is 2.31. The summed E-state index contributed by atoms with van der Waals surface area (Å²) in [7, 11) is 1.45. The monoisotopic (exact) mass is 338 g/mol. The summed E-state index contributed by atoms with van der Waals surface area (Å²) in [5.74, 6) is -0.400. The summed E-state index contributed by atoms with van der Waals surface area (Å²) in [6.07, 6.45) is 3.10. The Bertz CT molecular complexity index is 581. The van der Waals surface area contributed by atoms with Gasteiger partial charge < -0.3 is 15.0 Å². The van der Waals surface area contributed by atoms with E-state index in [2.05, 4.69) is 19.2 Å². The van der Waals surface area contributed by atoms with Gasteiger partial charge in [0.1, 0.15) is 6.61 Å². The van der Waals surface area contributed by atoms with Gasteiger partial charge >= 0.3 is 0 Å². The molecule has 1 heterocycles. The van der Waals surface area contributed by atoms with Crippen LogP contribution in [0.2, 0.25) is 5.02 Å². The molecule has 6 heteroatoms. The lowest BCUT2D eigenvalue weighted by atomic mass is 9.96. The van der Waals surface area contributed by atoms with E-state index in [-0.39, 0.29) is 30.5 Å². The third-order valence-corrected chi connectivity index (χ3v) is 4.42. The molecule has 1 aliphatic heterocycles. The van der Waals surface area contributed by atoms with E-state index in [0.717, 1.165) is 19.3 Å². The van der Waals surface area contributed by atoms with Crippen LogP contribution < -0.4 is 5.32 Å². The number of nitrogens with one attached hydrogen (secondary N) is 1. The first kappa shape index (κ1) is 17.8. The summed E-state index contributed by atoms with van der Waals surface area (Å²) in [5, 5.41) is 3.19. The fourth-order valence-corrected chi connectivity index (χ4v) is 3.25. The fourth-order valence-electron chi connectivity index (χ4n) is 3.08. The van der Waals surface area contributed by atoms with Gasteiger partial charge in [0.2, 0.25) is 5.91 Å². The third-order valence-electron chi connectivity index (χ3n) is 4.19. The molecular weight excluding hydrogens is 316 g/mol. The molecule has 5 nitrogen and oxygen atoms in total. The van der Waals surface area contributed by atoms with Crippen LogP contribution in [0.5, 0.6) is 0 Å². The molecular formula is C17H23ClN2O3. The molecule has 2 amide bonds. The summed E-state index contributed by atoms with van der Waals surface area (Å²) >= 11 is 6.06. The molecule has 126 valence electrons. The summed E-state index contributed by atoms with van der Waals surface area (Å²) in [4.78, 5) is 26.7. The van der Waals surface area contributed by atoms with Crippen molar-refractivity contribution in [3.63, 3.8) is 0 Å². The number of hydrogen-bond acceptors (Lipinski definition) is 3. The second-order valence-corrected chi connectivity index (χ2v) is 6.45. The lowest BCUT2D eigenvalue weighted by Gasteiger charge is -2.39. The molecule has 1 saturated heterocycles. The van der Waals surface area contributed by atoms with Crippen molar-refractivity contribution in [2.24, 2.45) is 0 Å². The minimum Gasteiger partial charge on any atom is -0.375 e. The van der Waals surface area contributed by atoms with Crippen LogP contribution in [0.4, 0.5) is 5.69 Å². The third kappa shape index (κ3) is 4.24. The molecule has 0 spiro atoms. The number of likely N-dealkylation sites (tertiary alicyclic amines) is 1. The number of nitrogens with zero attached hydrogens (tertiary/aromatic N) is 1. The van der Waals surface area contributed by atoms with E-state index in [9.17, 15) is 9.59 Å². The van der Waals surface area contributed by atoms with Gasteiger partial charge in [-0.05, 0) is 51.3 Å². The molecule has 1 aromatic rings. The quantitative estimate of drug-likeness (QED) is 0.916. The highest BCUT2D eigenvalue weighted by molar-refractivity contribution is 6.31. The molecule has 0 bridgehead atoms. The molecule has 1 fully saturated rings. The van der Waals surface area contributed by atoms with E-state index in [0.29, 0.717) is 16.3 Å². The zero-order valence-corrected chi connectivity index (χ0v) is 14.5. The second kappa shape index (κ2) is 7.79. The van der Waals surface area contributed by atoms with E-state index in [1.165, 1.54) is 7.11 Å². The van der Waals surface area contributed by atoms with Gasteiger partial charge in [0.05, 0.1) is 11.3 Å². The van der Waals surface area contributed by atoms with Gasteiger partial charge in [-0.25, -0.2) is 0 Å². The van der Waals surface area contributed by atoms with Crippen molar-refractivity contribution in [2.75, 3.05) is 19.0 Å². The first-order valence-electron chi connectivity index (χ1n) is 7.85. The van der Waals surface area contributed by atoms with Crippen LogP contribution in [0.1, 0.15) is 43.5 Å². The second-order valence-electron chi connectivity index (χ2n) is 6.01. The van der Waals surface area contributed by atoms with E-state index in [1.807, 2.05) is 4.90 Å². The topological polar surface area (TPSA) is 58.6 Å². The van der Waals surface area contributed by atoms with Crippen LogP contribution in [-0.4, -0.2) is 42.5 Å². The first-order chi connectivity index (χ1) is 10.9. The van der Waals surface area contributed by atoms with Gasteiger partial charge in [-0.3, -0.25) is 9.59 Å². The van der Waals surface area contributed by atoms with Crippen LogP contribution >= 0.6 is 11.6 Å². The SMILES string of the molecule is COCC(=O)Nc1ccc(Cl)cc1C(=O)N1[C@H](C)CCC[C@H]1C. The minimum atomic E-state index is -0.302. The van der Waals surface area contributed by atoms with Crippen LogP contribution in [0.15, 0.2) is 18.2 Å². The minimum absolute atomic E-state index is 0.0627. The smallest absolute Gasteiger partial charge is 0.256 e. The highest BCUT2D eigenvalue weighted by Gasteiger charge is 2.31. The van der Waals surface area contributed by atoms with E-state index < -0.39 is 0 Å². The number of anilines is 1. The average molecular weight is 339 g/mol. The summed E-state index contributed by atoms with van der Waals surface area (Å²) in [6, 6.07) is 5.27.